The fourth-order valence-electron chi connectivity index (χ4n) is 2.20. The van der Waals surface area contributed by atoms with Gasteiger partial charge in [0.05, 0.1) is 11.3 Å². The largest absolute Gasteiger partial charge is 0.360 e. The van der Waals surface area contributed by atoms with Gasteiger partial charge in [-0.2, -0.15) is 0 Å². The van der Waals surface area contributed by atoms with E-state index >= 15 is 0 Å². The lowest BCUT2D eigenvalue weighted by molar-refractivity contribution is 0.102. The number of hydrogen-bond donors (Lipinski definition) is 1. The topological polar surface area (TPSA) is 76.5 Å². The fourth-order valence-corrected chi connectivity index (χ4v) is 3.14. The summed E-state index contributed by atoms with van der Waals surface area (Å²) in [5.74, 6) is 0.365. The Morgan fingerprint density at radius 3 is 2.86 bits per heavy atom. The van der Waals surface area contributed by atoms with Gasteiger partial charge in [0, 0.05) is 22.7 Å². The Balaban J connectivity index is 1.77. The maximum Gasteiger partial charge on any atom is 0.210 e. The second-order valence-corrected chi connectivity index (χ2v) is 6.95. The lowest BCUT2D eigenvalue weighted by atomic mass is 10.1. The number of carbonyl (C=O) groups excluding carboxylic acids is 1. The molecular formula is C15H17N5OS. The molecule has 114 valence electrons. The molecule has 3 aromatic rings. The summed E-state index contributed by atoms with van der Waals surface area (Å²) in [6.45, 7) is 6.07. The van der Waals surface area contributed by atoms with Gasteiger partial charge in [0.2, 0.25) is 5.16 Å². The van der Waals surface area contributed by atoms with Gasteiger partial charge in [-0.25, -0.2) is 4.68 Å². The normalized spacial score (nSPS) is 12.0. The van der Waals surface area contributed by atoms with Gasteiger partial charge in [-0.15, -0.1) is 5.10 Å². The minimum absolute atomic E-state index is 0.0610. The SMILES string of the molecule is CC(C)(C)n1nnnc1SCC(=O)c1c[nH]c2ccccc12. The highest BCUT2D eigenvalue weighted by atomic mass is 32.2. The van der Waals surface area contributed by atoms with Crippen LogP contribution in [0.4, 0.5) is 0 Å². The molecule has 0 fully saturated rings. The van der Waals surface area contributed by atoms with Crippen LogP contribution in [0.3, 0.4) is 0 Å². The first kappa shape index (κ1) is 14.8. The molecular weight excluding hydrogens is 298 g/mol. The summed E-state index contributed by atoms with van der Waals surface area (Å²) in [6.07, 6.45) is 1.76. The summed E-state index contributed by atoms with van der Waals surface area (Å²) < 4.78 is 1.74. The Morgan fingerprint density at radius 2 is 2.09 bits per heavy atom. The standard InChI is InChI=1S/C15H17N5OS/c1-15(2,3)20-14(17-18-19-20)22-9-13(21)11-8-16-12-7-5-4-6-10(11)12/h4-8,16H,9H2,1-3H3. The van der Waals surface area contributed by atoms with E-state index in [9.17, 15) is 4.79 Å². The molecule has 0 saturated carbocycles. The van der Waals surface area contributed by atoms with Crippen LogP contribution in [0, 0.1) is 0 Å². The van der Waals surface area contributed by atoms with Crippen LogP contribution < -0.4 is 0 Å². The number of aromatic amines is 1. The van der Waals surface area contributed by atoms with Crippen molar-refractivity contribution in [3.05, 3.63) is 36.0 Å². The van der Waals surface area contributed by atoms with Crippen LogP contribution in [-0.2, 0) is 5.54 Å². The molecule has 0 saturated heterocycles. The van der Waals surface area contributed by atoms with Gasteiger partial charge in [-0.05, 0) is 37.3 Å². The average molecular weight is 315 g/mol. The van der Waals surface area contributed by atoms with Gasteiger partial charge in [-0.3, -0.25) is 4.79 Å². The minimum Gasteiger partial charge on any atom is -0.360 e. The fraction of sp³-hybridized carbons (Fsp3) is 0.333. The van der Waals surface area contributed by atoms with Crippen molar-refractivity contribution in [2.75, 3.05) is 5.75 Å². The van der Waals surface area contributed by atoms with E-state index in [1.807, 2.05) is 45.0 Å². The molecule has 6 nitrogen and oxygen atoms in total. The summed E-state index contributed by atoms with van der Waals surface area (Å²) in [6, 6.07) is 7.78. The molecule has 0 atom stereocenters. The third-order valence-electron chi connectivity index (χ3n) is 3.30. The Bertz CT molecular complexity index is 815. The van der Waals surface area contributed by atoms with Gasteiger partial charge in [0.25, 0.3) is 0 Å². The zero-order valence-corrected chi connectivity index (χ0v) is 13.5. The van der Waals surface area contributed by atoms with Gasteiger partial charge in [-0.1, -0.05) is 30.0 Å². The van der Waals surface area contributed by atoms with Crippen molar-refractivity contribution < 1.29 is 4.79 Å². The van der Waals surface area contributed by atoms with E-state index in [1.165, 1.54) is 11.8 Å². The number of thioether (sulfide) groups is 1. The van der Waals surface area contributed by atoms with Crippen molar-refractivity contribution in [1.82, 2.24) is 25.2 Å². The zero-order chi connectivity index (χ0) is 15.7. The summed E-state index contributed by atoms with van der Waals surface area (Å²) >= 11 is 1.36. The minimum atomic E-state index is -0.213. The van der Waals surface area contributed by atoms with E-state index in [0.717, 1.165) is 10.9 Å². The second kappa shape index (κ2) is 5.57. The molecule has 0 aliphatic carbocycles. The van der Waals surface area contributed by atoms with Gasteiger partial charge in [0.1, 0.15) is 0 Å². The highest BCUT2D eigenvalue weighted by Crippen LogP contribution is 2.24. The van der Waals surface area contributed by atoms with Crippen LogP contribution in [0.25, 0.3) is 10.9 Å². The van der Waals surface area contributed by atoms with Crippen LogP contribution >= 0.6 is 11.8 Å². The predicted molar refractivity (Wildman–Crippen MR) is 86.2 cm³/mol. The number of H-pyrrole nitrogens is 1. The number of ketones is 1. The number of nitrogens with one attached hydrogen (secondary N) is 1. The highest BCUT2D eigenvalue weighted by Gasteiger charge is 2.21. The molecule has 3 rings (SSSR count). The number of carbonyl (C=O) groups is 1. The van der Waals surface area contributed by atoms with E-state index in [0.29, 0.717) is 16.5 Å². The molecule has 0 amide bonds. The number of benzene rings is 1. The van der Waals surface area contributed by atoms with E-state index in [-0.39, 0.29) is 11.3 Å². The number of para-hydroxylation sites is 1. The van der Waals surface area contributed by atoms with E-state index in [1.54, 1.807) is 10.9 Å². The van der Waals surface area contributed by atoms with Crippen LogP contribution in [0.5, 0.6) is 0 Å². The third-order valence-corrected chi connectivity index (χ3v) is 4.22. The Hall–Kier alpha value is -2.15. The molecule has 0 spiro atoms. The smallest absolute Gasteiger partial charge is 0.210 e. The summed E-state index contributed by atoms with van der Waals surface area (Å²) in [5, 5.41) is 13.3. The third kappa shape index (κ3) is 2.76. The number of aromatic nitrogens is 5. The quantitative estimate of drug-likeness (QED) is 0.592. The number of hydrogen-bond acceptors (Lipinski definition) is 5. The molecule has 2 aromatic heterocycles. The lowest BCUT2D eigenvalue weighted by Gasteiger charge is -2.19. The van der Waals surface area contributed by atoms with E-state index < -0.39 is 0 Å². The molecule has 0 aliphatic heterocycles. The Kier molecular flexibility index (Phi) is 3.74. The molecule has 1 N–H and O–H groups in total. The molecule has 0 unspecified atom stereocenters. The van der Waals surface area contributed by atoms with Crippen molar-refractivity contribution in [2.45, 2.75) is 31.5 Å². The molecule has 22 heavy (non-hydrogen) atoms. The van der Waals surface area contributed by atoms with Crippen molar-refractivity contribution in [1.29, 1.82) is 0 Å². The summed E-state index contributed by atoms with van der Waals surface area (Å²) in [4.78, 5) is 15.6. The zero-order valence-electron chi connectivity index (χ0n) is 12.7. The van der Waals surface area contributed by atoms with Gasteiger partial charge >= 0.3 is 0 Å². The first-order chi connectivity index (χ1) is 10.5. The van der Waals surface area contributed by atoms with Crippen LogP contribution in [0.2, 0.25) is 0 Å². The average Bonchev–Trinajstić information content (AvgIpc) is 3.11. The molecule has 0 radical (unpaired) electrons. The number of nitrogens with zero attached hydrogens (tertiary/aromatic N) is 4. The van der Waals surface area contributed by atoms with Crippen LogP contribution in [0.1, 0.15) is 31.1 Å². The number of rotatable bonds is 4. The Labute approximate surface area is 132 Å². The monoisotopic (exact) mass is 315 g/mol. The van der Waals surface area contributed by atoms with Crippen LogP contribution in [0.15, 0.2) is 35.6 Å². The summed E-state index contributed by atoms with van der Waals surface area (Å²) in [7, 11) is 0. The first-order valence-electron chi connectivity index (χ1n) is 6.98. The van der Waals surface area contributed by atoms with E-state index in [2.05, 4.69) is 20.5 Å². The number of Topliss-reactive ketones (excluding diaryl/α,β-unsaturated/α-hetero) is 1. The summed E-state index contributed by atoms with van der Waals surface area (Å²) in [5.41, 5.74) is 1.46. The van der Waals surface area contributed by atoms with Gasteiger partial charge in [0.15, 0.2) is 5.78 Å². The number of fused-ring (bicyclic) bond motifs is 1. The predicted octanol–water partition coefficient (Wildman–Crippen LogP) is 2.88. The number of tetrazole rings is 1. The first-order valence-corrected chi connectivity index (χ1v) is 7.96. The maximum atomic E-state index is 12.5. The maximum absolute atomic E-state index is 12.5. The lowest BCUT2D eigenvalue weighted by Crippen LogP contribution is -2.24. The Morgan fingerprint density at radius 1 is 1.32 bits per heavy atom. The molecule has 2 heterocycles. The molecule has 1 aromatic carbocycles. The highest BCUT2D eigenvalue weighted by molar-refractivity contribution is 7.99. The molecule has 0 bridgehead atoms. The van der Waals surface area contributed by atoms with Crippen molar-refractivity contribution in [3.8, 4) is 0 Å². The van der Waals surface area contributed by atoms with Crippen molar-refractivity contribution >= 4 is 28.4 Å². The molecule has 7 heteroatoms. The molecule has 0 aliphatic rings. The second-order valence-electron chi connectivity index (χ2n) is 6.00. The van der Waals surface area contributed by atoms with Gasteiger partial charge < -0.3 is 4.98 Å². The van der Waals surface area contributed by atoms with E-state index in [4.69, 9.17) is 0 Å². The van der Waals surface area contributed by atoms with Crippen molar-refractivity contribution in [3.63, 3.8) is 0 Å². The van der Waals surface area contributed by atoms with Crippen LogP contribution in [-0.4, -0.2) is 36.7 Å². The van der Waals surface area contributed by atoms with Crippen molar-refractivity contribution in [2.24, 2.45) is 0 Å².